The molecule has 0 aromatic carbocycles. The van der Waals surface area contributed by atoms with Crippen LogP contribution in [-0.4, -0.2) is 5.88 Å². The maximum atomic E-state index is 5.38. The van der Waals surface area contributed by atoms with Crippen LogP contribution in [0.25, 0.3) is 0 Å². The van der Waals surface area contributed by atoms with Gasteiger partial charge in [0.05, 0.1) is 0 Å². The molecule has 0 saturated carbocycles. The SMILES string of the molecule is C#C.C#C.CCCCCCl. The molecule has 0 rings (SSSR count). The van der Waals surface area contributed by atoms with E-state index in [2.05, 4.69) is 32.6 Å². The monoisotopic (exact) mass is 158 g/mol. The van der Waals surface area contributed by atoms with Crippen LogP contribution in [0.2, 0.25) is 0 Å². The van der Waals surface area contributed by atoms with E-state index in [0.29, 0.717) is 0 Å². The lowest BCUT2D eigenvalue weighted by molar-refractivity contribution is 0.776. The molecule has 0 unspecified atom stereocenters. The smallest absolute Gasteiger partial charge is 0.0223 e. The van der Waals surface area contributed by atoms with Gasteiger partial charge in [-0.2, -0.15) is 0 Å². The molecule has 0 aliphatic heterocycles. The maximum Gasteiger partial charge on any atom is 0.0223 e. The molecule has 0 bridgehead atoms. The van der Waals surface area contributed by atoms with Gasteiger partial charge in [0.25, 0.3) is 0 Å². The van der Waals surface area contributed by atoms with Crippen LogP contribution in [-0.2, 0) is 0 Å². The molecular formula is C9H15Cl. The van der Waals surface area contributed by atoms with E-state index in [4.69, 9.17) is 11.6 Å². The Morgan fingerprint density at radius 3 is 1.50 bits per heavy atom. The first-order chi connectivity index (χ1) is 4.91. The van der Waals surface area contributed by atoms with Gasteiger partial charge in [-0.1, -0.05) is 19.8 Å². The van der Waals surface area contributed by atoms with Crippen LogP contribution in [0.15, 0.2) is 0 Å². The summed E-state index contributed by atoms with van der Waals surface area (Å²) in [7, 11) is 0. The third kappa shape index (κ3) is 52.4. The Morgan fingerprint density at radius 1 is 1.00 bits per heavy atom. The highest BCUT2D eigenvalue weighted by molar-refractivity contribution is 6.17. The largest absolute Gasteiger partial charge is 0.127 e. The molecule has 0 nitrogen and oxygen atoms in total. The molecule has 0 heterocycles. The summed E-state index contributed by atoms with van der Waals surface area (Å²) in [6.07, 6.45) is 19.7. The van der Waals surface area contributed by atoms with Crippen molar-refractivity contribution in [3.8, 4) is 25.7 Å². The number of hydrogen-bond donors (Lipinski definition) is 0. The summed E-state index contributed by atoms with van der Waals surface area (Å²) in [5, 5.41) is 0. The fraction of sp³-hybridized carbons (Fsp3) is 0.556. The summed E-state index contributed by atoms with van der Waals surface area (Å²) in [5.41, 5.74) is 0. The molecule has 0 atom stereocenters. The molecular weight excluding hydrogens is 144 g/mol. The van der Waals surface area contributed by atoms with Gasteiger partial charge in [0.15, 0.2) is 0 Å². The molecule has 0 spiro atoms. The molecule has 0 radical (unpaired) electrons. The minimum absolute atomic E-state index is 0.827. The van der Waals surface area contributed by atoms with Crippen molar-refractivity contribution >= 4 is 11.6 Å². The van der Waals surface area contributed by atoms with Crippen molar-refractivity contribution in [2.75, 3.05) is 5.88 Å². The van der Waals surface area contributed by atoms with Gasteiger partial charge in [-0.3, -0.25) is 0 Å². The van der Waals surface area contributed by atoms with Crippen LogP contribution in [0.5, 0.6) is 0 Å². The quantitative estimate of drug-likeness (QED) is 0.337. The zero-order valence-corrected chi connectivity index (χ0v) is 7.27. The van der Waals surface area contributed by atoms with E-state index in [1.165, 1.54) is 19.3 Å². The van der Waals surface area contributed by atoms with Crippen molar-refractivity contribution in [3.63, 3.8) is 0 Å². The molecule has 0 fully saturated rings. The van der Waals surface area contributed by atoms with E-state index >= 15 is 0 Å². The Morgan fingerprint density at radius 2 is 1.40 bits per heavy atom. The van der Waals surface area contributed by atoms with E-state index < -0.39 is 0 Å². The summed E-state index contributed by atoms with van der Waals surface area (Å²) >= 11 is 5.38. The van der Waals surface area contributed by atoms with Crippen LogP contribution in [0, 0.1) is 25.7 Å². The molecule has 1 heteroatoms. The molecule has 0 saturated heterocycles. The van der Waals surface area contributed by atoms with Crippen molar-refractivity contribution in [1.82, 2.24) is 0 Å². The molecule has 0 amide bonds. The van der Waals surface area contributed by atoms with Gasteiger partial charge >= 0.3 is 0 Å². The van der Waals surface area contributed by atoms with Crippen molar-refractivity contribution in [2.24, 2.45) is 0 Å². The Bertz CT molecular complexity index is 51.6. The predicted octanol–water partition coefficient (Wildman–Crippen LogP) is 2.91. The number of unbranched alkanes of at least 4 members (excludes halogenated alkanes) is 2. The fourth-order valence-corrected chi connectivity index (χ4v) is 0.533. The first-order valence-electron chi connectivity index (χ1n) is 3.14. The maximum absolute atomic E-state index is 5.38. The van der Waals surface area contributed by atoms with Crippen molar-refractivity contribution < 1.29 is 0 Å². The van der Waals surface area contributed by atoms with Crippen molar-refractivity contribution in [1.29, 1.82) is 0 Å². The summed E-state index contributed by atoms with van der Waals surface area (Å²) in [6.45, 7) is 2.17. The summed E-state index contributed by atoms with van der Waals surface area (Å²) in [4.78, 5) is 0. The van der Waals surface area contributed by atoms with Gasteiger partial charge in [0.2, 0.25) is 0 Å². The lowest BCUT2D eigenvalue weighted by atomic mass is 10.3. The van der Waals surface area contributed by atoms with Crippen LogP contribution in [0.1, 0.15) is 26.2 Å². The third-order valence-corrected chi connectivity index (χ3v) is 1.00. The summed E-state index contributed by atoms with van der Waals surface area (Å²) in [6, 6.07) is 0. The highest BCUT2D eigenvalue weighted by atomic mass is 35.5. The molecule has 0 aromatic heterocycles. The summed E-state index contributed by atoms with van der Waals surface area (Å²) < 4.78 is 0. The van der Waals surface area contributed by atoms with Crippen LogP contribution >= 0.6 is 11.6 Å². The number of terminal acetylenes is 2. The fourth-order valence-electron chi connectivity index (χ4n) is 0.344. The van der Waals surface area contributed by atoms with Gasteiger partial charge in [0.1, 0.15) is 0 Å². The normalized spacial score (nSPS) is 5.80. The average Bonchev–Trinajstić information content (AvgIpc) is 2.08. The first-order valence-corrected chi connectivity index (χ1v) is 3.68. The number of hydrogen-bond acceptors (Lipinski definition) is 0. The van der Waals surface area contributed by atoms with Crippen LogP contribution in [0.3, 0.4) is 0 Å². The van der Waals surface area contributed by atoms with Crippen LogP contribution in [0.4, 0.5) is 0 Å². The standard InChI is InChI=1S/C5H11Cl.2C2H2/c1-2-3-4-5-6;2*1-2/h2-5H2,1H3;2*1-2H. The number of alkyl halides is 1. The summed E-state index contributed by atoms with van der Waals surface area (Å²) in [5.74, 6) is 0.827. The second-order valence-corrected chi connectivity index (χ2v) is 1.77. The Hall–Kier alpha value is -0.590. The van der Waals surface area contributed by atoms with Crippen molar-refractivity contribution in [2.45, 2.75) is 26.2 Å². The van der Waals surface area contributed by atoms with Gasteiger partial charge in [-0.15, -0.1) is 37.3 Å². The topological polar surface area (TPSA) is 0 Å². The Kier molecular flexibility index (Phi) is 64.3. The molecule has 0 aromatic rings. The average molecular weight is 159 g/mol. The van der Waals surface area contributed by atoms with E-state index in [1.807, 2.05) is 0 Å². The minimum Gasteiger partial charge on any atom is -0.127 e. The molecule has 0 aliphatic rings. The second-order valence-electron chi connectivity index (χ2n) is 1.40. The van der Waals surface area contributed by atoms with Gasteiger partial charge in [-0.05, 0) is 6.42 Å². The number of halogens is 1. The molecule has 0 aliphatic carbocycles. The highest BCUT2D eigenvalue weighted by Gasteiger charge is 1.76. The lowest BCUT2D eigenvalue weighted by Crippen LogP contribution is -1.70. The van der Waals surface area contributed by atoms with Crippen LogP contribution < -0.4 is 0 Å². The zero-order chi connectivity index (χ0) is 8.83. The third-order valence-electron chi connectivity index (χ3n) is 0.737. The van der Waals surface area contributed by atoms with E-state index in [0.717, 1.165) is 5.88 Å². The first kappa shape index (κ1) is 16.2. The van der Waals surface area contributed by atoms with Crippen molar-refractivity contribution in [3.05, 3.63) is 0 Å². The minimum atomic E-state index is 0.827. The molecule has 0 N–H and O–H groups in total. The van der Waals surface area contributed by atoms with E-state index in [1.54, 1.807) is 0 Å². The predicted molar refractivity (Wildman–Crippen MR) is 50.0 cm³/mol. The highest BCUT2D eigenvalue weighted by Crippen LogP contribution is 1.93. The Labute approximate surface area is 70.0 Å². The van der Waals surface area contributed by atoms with Gasteiger partial charge in [-0.25, -0.2) is 0 Å². The zero-order valence-electron chi connectivity index (χ0n) is 6.52. The van der Waals surface area contributed by atoms with E-state index in [9.17, 15) is 0 Å². The lowest BCUT2D eigenvalue weighted by Gasteiger charge is -1.84. The van der Waals surface area contributed by atoms with Gasteiger partial charge in [0, 0.05) is 5.88 Å². The number of rotatable bonds is 3. The molecule has 58 valence electrons. The molecule has 10 heavy (non-hydrogen) atoms. The van der Waals surface area contributed by atoms with Gasteiger partial charge < -0.3 is 0 Å². The Balaban J connectivity index is -0.000000105. The second kappa shape index (κ2) is 39.7. The van der Waals surface area contributed by atoms with E-state index in [-0.39, 0.29) is 0 Å².